The first-order valence-electron chi connectivity index (χ1n) is 10.1. The molecule has 6 nitrogen and oxygen atoms in total. The number of nitrogens with zero attached hydrogens (tertiary/aromatic N) is 3. The number of fused-ring (bicyclic) bond motifs is 1. The number of ether oxygens (including phenoxy) is 1. The number of hydrogen-bond acceptors (Lipinski definition) is 3. The van der Waals surface area contributed by atoms with Crippen LogP contribution in [0.25, 0.3) is 5.69 Å². The van der Waals surface area contributed by atoms with Gasteiger partial charge in [-0.2, -0.15) is 5.10 Å². The predicted octanol–water partition coefficient (Wildman–Crippen LogP) is 3.59. The SMILES string of the molecule is CN=C(NCc1ccccc1-n1nc(C)cc1C)NC1C2CCOC2C1(C)C.I. The van der Waals surface area contributed by atoms with E-state index in [2.05, 4.69) is 71.8 Å². The number of aliphatic imine (C=N–C) groups is 1. The molecule has 1 saturated heterocycles. The Kier molecular flexibility index (Phi) is 6.57. The summed E-state index contributed by atoms with van der Waals surface area (Å²) >= 11 is 0. The van der Waals surface area contributed by atoms with Crippen molar-refractivity contribution in [1.82, 2.24) is 20.4 Å². The molecule has 2 aliphatic rings. The van der Waals surface area contributed by atoms with Crippen LogP contribution in [-0.2, 0) is 11.3 Å². The minimum Gasteiger partial charge on any atom is -0.377 e. The smallest absolute Gasteiger partial charge is 0.191 e. The molecule has 158 valence electrons. The average Bonchev–Trinajstić information content (AvgIpc) is 3.27. The normalized spacial score (nSPS) is 25.0. The van der Waals surface area contributed by atoms with E-state index in [1.807, 2.05) is 18.7 Å². The molecular weight excluding hydrogens is 477 g/mol. The van der Waals surface area contributed by atoms with E-state index in [0.29, 0.717) is 24.6 Å². The van der Waals surface area contributed by atoms with Crippen LogP contribution in [0.4, 0.5) is 0 Å². The van der Waals surface area contributed by atoms with Crippen LogP contribution in [0.3, 0.4) is 0 Å². The van der Waals surface area contributed by atoms with Gasteiger partial charge in [0.2, 0.25) is 0 Å². The molecule has 1 aliphatic carbocycles. The summed E-state index contributed by atoms with van der Waals surface area (Å²) in [5.74, 6) is 1.42. The fraction of sp³-hybridized carbons (Fsp3) is 0.545. The number of hydrogen-bond donors (Lipinski definition) is 2. The summed E-state index contributed by atoms with van der Waals surface area (Å²) in [6.45, 7) is 10.2. The molecule has 2 heterocycles. The van der Waals surface area contributed by atoms with Gasteiger partial charge in [0.25, 0.3) is 0 Å². The Morgan fingerprint density at radius 2 is 2.07 bits per heavy atom. The van der Waals surface area contributed by atoms with Gasteiger partial charge in [0.15, 0.2) is 5.96 Å². The molecule has 1 aromatic heterocycles. The molecule has 1 saturated carbocycles. The van der Waals surface area contributed by atoms with Crippen molar-refractivity contribution in [3.05, 3.63) is 47.3 Å². The zero-order valence-electron chi connectivity index (χ0n) is 17.9. The van der Waals surface area contributed by atoms with Crippen molar-refractivity contribution >= 4 is 29.9 Å². The first-order chi connectivity index (χ1) is 13.4. The Balaban J connectivity index is 0.00000240. The summed E-state index contributed by atoms with van der Waals surface area (Å²) in [5, 5.41) is 11.8. The summed E-state index contributed by atoms with van der Waals surface area (Å²) in [4.78, 5) is 4.46. The lowest BCUT2D eigenvalue weighted by molar-refractivity contribution is -0.106. The molecule has 4 rings (SSSR count). The first kappa shape index (κ1) is 22.1. The molecular formula is C22H32IN5O. The lowest BCUT2D eigenvalue weighted by Gasteiger charge is -2.54. The third kappa shape index (κ3) is 4.03. The molecule has 2 N–H and O–H groups in total. The van der Waals surface area contributed by atoms with E-state index in [1.165, 1.54) is 5.56 Å². The van der Waals surface area contributed by atoms with Crippen LogP contribution >= 0.6 is 24.0 Å². The first-order valence-corrected chi connectivity index (χ1v) is 10.1. The van der Waals surface area contributed by atoms with Crippen LogP contribution in [0.1, 0.15) is 37.2 Å². The van der Waals surface area contributed by atoms with E-state index in [-0.39, 0.29) is 29.4 Å². The molecule has 3 atom stereocenters. The predicted molar refractivity (Wildman–Crippen MR) is 127 cm³/mol. The molecule has 1 aliphatic heterocycles. The van der Waals surface area contributed by atoms with Crippen molar-refractivity contribution < 1.29 is 4.74 Å². The molecule has 3 unspecified atom stereocenters. The highest BCUT2D eigenvalue weighted by atomic mass is 127. The van der Waals surface area contributed by atoms with Gasteiger partial charge in [0.1, 0.15) is 0 Å². The number of aromatic nitrogens is 2. The summed E-state index contributed by atoms with van der Waals surface area (Å²) in [5.41, 5.74) is 4.57. The van der Waals surface area contributed by atoms with Crippen LogP contribution in [0.2, 0.25) is 0 Å². The van der Waals surface area contributed by atoms with Crippen molar-refractivity contribution in [3.63, 3.8) is 0 Å². The molecule has 0 amide bonds. The van der Waals surface area contributed by atoms with Crippen LogP contribution in [0, 0.1) is 25.2 Å². The summed E-state index contributed by atoms with van der Waals surface area (Å²) < 4.78 is 7.92. The van der Waals surface area contributed by atoms with Gasteiger partial charge in [-0.3, -0.25) is 4.99 Å². The van der Waals surface area contributed by atoms with Gasteiger partial charge in [0, 0.05) is 43.3 Å². The van der Waals surface area contributed by atoms with Crippen molar-refractivity contribution in [3.8, 4) is 5.69 Å². The highest BCUT2D eigenvalue weighted by Gasteiger charge is 2.59. The number of rotatable bonds is 4. The number of benzene rings is 1. The highest BCUT2D eigenvalue weighted by molar-refractivity contribution is 14.0. The summed E-state index contributed by atoms with van der Waals surface area (Å²) in [6, 6.07) is 10.9. The Morgan fingerprint density at radius 1 is 1.31 bits per heavy atom. The Labute approximate surface area is 190 Å². The molecule has 0 bridgehead atoms. The molecule has 2 fully saturated rings. The maximum absolute atomic E-state index is 5.91. The Bertz CT molecular complexity index is 891. The van der Waals surface area contributed by atoms with Gasteiger partial charge in [-0.25, -0.2) is 4.68 Å². The number of guanidine groups is 1. The van der Waals surface area contributed by atoms with E-state index >= 15 is 0 Å². The van der Waals surface area contributed by atoms with E-state index in [1.54, 1.807) is 0 Å². The number of para-hydroxylation sites is 1. The van der Waals surface area contributed by atoms with Crippen molar-refractivity contribution in [2.45, 2.75) is 52.8 Å². The topological polar surface area (TPSA) is 63.5 Å². The van der Waals surface area contributed by atoms with Gasteiger partial charge < -0.3 is 15.4 Å². The fourth-order valence-corrected chi connectivity index (χ4v) is 4.88. The van der Waals surface area contributed by atoms with Crippen molar-refractivity contribution in [2.75, 3.05) is 13.7 Å². The largest absolute Gasteiger partial charge is 0.377 e. The van der Waals surface area contributed by atoms with Crippen LogP contribution in [0.5, 0.6) is 0 Å². The number of aryl methyl sites for hydroxylation is 2. The standard InChI is InChI=1S/C22H31N5O.HI/c1-14-12-15(2)27(26-14)18-9-7-6-8-16(18)13-24-21(23-5)25-19-17-10-11-28-20(17)22(19,3)4;/h6-9,12,17,19-20H,10-11,13H2,1-5H3,(H2,23,24,25);1H. The van der Waals surface area contributed by atoms with E-state index < -0.39 is 0 Å². The van der Waals surface area contributed by atoms with Crippen LogP contribution in [0.15, 0.2) is 35.3 Å². The molecule has 0 spiro atoms. The average molecular weight is 509 g/mol. The summed E-state index contributed by atoms with van der Waals surface area (Å²) in [6.07, 6.45) is 1.50. The molecule has 7 heteroatoms. The van der Waals surface area contributed by atoms with Crippen LogP contribution < -0.4 is 10.6 Å². The van der Waals surface area contributed by atoms with Gasteiger partial charge in [-0.05, 0) is 38.0 Å². The van der Waals surface area contributed by atoms with Gasteiger partial charge in [-0.15, -0.1) is 24.0 Å². The maximum atomic E-state index is 5.91. The second-order valence-corrected chi connectivity index (χ2v) is 8.58. The summed E-state index contributed by atoms with van der Waals surface area (Å²) in [7, 11) is 1.83. The molecule has 29 heavy (non-hydrogen) atoms. The monoisotopic (exact) mass is 509 g/mol. The van der Waals surface area contributed by atoms with Crippen molar-refractivity contribution in [2.24, 2.45) is 16.3 Å². The number of halogens is 1. The van der Waals surface area contributed by atoms with E-state index in [4.69, 9.17) is 4.74 Å². The third-order valence-electron chi connectivity index (χ3n) is 6.29. The minimum atomic E-state index is 0. The zero-order valence-corrected chi connectivity index (χ0v) is 20.2. The van der Waals surface area contributed by atoms with Crippen LogP contribution in [-0.4, -0.2) is 41.5 Å². The Hall–Kier alpha value is -1.61. The van der Waals surface area contributed by atoms with Gasteiger partial charge >= 0.3 is 0 Å². The van der Waals surface area contributed by atoms with Crippen molar-refractivity contribution in [1.29, 1.82) is 0 Å². The zero-order chi connectivity index (χ0) is 19.9. The Morgan fingerprint density at radius 3 is 2.76 bits per heavy atom. The fourth-order valence-electron chi connectivity index (χ4n) is 4.88. The second kappa shape index (κ2) is 8.63. The molecule has 0 radical (unpaired) electrons. The number of nitrogens with one attached hydrogen (secondary N) is 2. The molecule has 1 aromatic carbocycles. The van der Waals surface area contributed by atoms with E-state index in [9.17, 15) is 0 Å². The quantitative estimate of drug-likeness (QED) is 0.376. The second-order valence-electron chi connectivity index (χ2n) is 8.58. The van der Waals surface area contributed by atoms with Gasteiger partial charge in [-0.1, -0.05) is 32.0 Å². The third-order valence-corrected chi connectivity index (χ3v) is 6.29. The highest BCUT2D eigenvalue weighted by Crippen LogP contribution is 2.52. The minimum absolute atomic E-state index is 0. The lowest BCUT2D eigenvalue weighted by Crippen LogP contribution is -2.67. The lowest BCUT2D eigenvalue weighted by atomic mass is 9.57. The molecule has 2 aromatic rings. The van der Waals surface area contributed by atoms with E-state index in [0.717, 1.165) is 36.1 Å². The van der Waals surface area contributed by atoms with Gasteiger partial charge in [0.05, 0.1) is 17.5 Å². The maximum Gasteiger partial charge on any atom is 0.191 e.